The highest BCUT2D eigenvalue weighted by Crippen LogP contribution is 2.29. The molecule has 0 radical (unpaired) electrons. The average Bonchev–Trinajstić information content (AvgIpc) is 2.43. The molecular weight excluding hydrogens is 383 g/mol. The van der Waals surface area contributed by atoms with E-state index in [1.54, 1.807) is 6.07 Å². The zero-order valence-electron chi connectivity index (χ0n) is 11.1. The minimum Gasteiger partial charge on any atom is -0.306 e. The lowest BCUT2D eigenvalue weighted by atomic mass is 10.1. The van der Waals surface area contributed by atoms with Crippen molar-refractivity contribution in [1.82, 2.24) is 5.32 Å². The van der Waals surface area contributed by atoms with Crippen LogP contribution in [0.5, 0.6) is 0 Å². The summed E-state index contributed by atoms with van der Waals surface area (Å²) in [5.41, 5.74) is 1.37. The van der Waals surface area contributed by atoms with Gasteiger partial charge in [0.05, 0.1) is 5.02 Å². The van der Waals surface area contributed by atoms with Crippen molar-refractivity contribution in [2.45, 2.75) is 19.5 Å². The molecule has 112 valence electrons. The maximum atomic E-state index is 13.5. The number of hydrogen-bond donors (Lipinski definition) is 1. The third-order valence-corrected chi connectivity index (χ3v) is 4.50. The highest BCUT2D eigenvalue weighted by atomic mass is 79.9. The van der Waals surface area contributed by atoms with Gasteiger partial charge in [0.1, 0.15) is 11.6 Å². The quantitative estimate of drug-likeness (QED) is 0.638. The number of rotatable bonds is 4. The first-order valence-electron chi connectivity index (χ1n) is 6.20. The van der Waals surface area contributed by atoms with Crippen LogP contribution in [-0.2, 0) is 6.54 Å². The number of nitrogens with one attached hydrogen (secondary N) is 1. The van der Waals surface area contributed by atoms with Gasteiger partial charge in [-0.2, -0.15) is 0 Å². The molecule has 2 rings (SSSR count). The molecule has 2 aromatic carbocycles. The smallest absolute Gasteiger partial charge is 0.142 e. The molecule has 1 nitrogen and oxygen atoms in total. The van der Waals surface area contributed by atoms with E-state index in [1.807, 2.05) is 6.92 Å². The third kappa shape index (κ3) is 4.16. The summed E-state index contributed by atoms with van der Waals surface area (Å²) in [5, 5.41) is 3.56. The van der Waals surface area contributed by atoms with Crippen LogP contribution in [-0.4, -0.2) is 0 Å². The van der Waals surface area contributed by atoms with E-state index in [4.69, 9.17) is 23.2 Å². The second kappa shape index (κ2) is 7.05. The van der Waals surface area contributed by atoms with Crippen molar-refractivity contribution in [2.24, 2.45) is 0 Å². The van der Waals surface area contributed by atoms with Crippen LogP contribution in [0.2, 0.25) is 10.0 Å². The Balaban J connectivity index is 2.13. The van der Waals surface area contributed by atoms with Crippen LogP contribution in [0, 0.1) is 11.6 Å². The molecule has 0 fully saturated rings. The van der Waals surface area contributed by atoms with E-state index in [-0.39, 0.29) is 16.9 Å². The molecule has 0 aliphatic heterocycles. The lowest BCUT2D eigenvalue weighted by molar-refractivity contribution is 0.560. The summed E-state index contributed by atoms with van der Waals surface area (Å²) in [6.45, 7) is 2.27. The summed E-state index contributed by atoms with van der Waals surface area (Å²) in [6.07, 6.45) is 0. The Morgan fingerprint density at radius 2 is 1.86 bits per heavy atom. The minimum atomic E-state index is -0.517. The topological polar surface area (TPSA) is 12.0 Å². The Hall–Kier alpha value is -0.680. The Kier molecular flexibility index (Phi) is 5.60. The summed E-state index contributed by atoms with van der Waals surface area (Å²) in [5.74, 6) is -0.824. The van der Waals surface area contributed by atoms with Gasteiger partial charge in [-0.3, -0.25) is 0 Å². The molecular formula is C15H12BrCl2F2N. The minimum absolute atomic E-state index is 0.0103. The van der Waals surface area contributed by atoms with Gasteiger partial charge in [-0.15, -0.1) is 0 Å². The van der Waals surface area contributed by atoms with E-state index in [2.05, 4.69) is 21.2 Å². The normalized spacial score (nSPS) is 12.5. The molecule has 0 heterocycles. The Morgan fingerprint density at radius 3 is 2.57 bits per heavy atom. The van der Waals surface area contributed by atoms with Gasteiger partial charge >= 0.3 is 0 Å². The maximum absolute atomic E-state index is 13.5. The number of halogens is 5. The van der Waals surface area contributed by atoms with Gasteiger partial charge in [-0.05, 0) is 48.4 Å². The van der Waals surface area contributed by atoms with Crippen LogP contribution in [0.25, 0.3) is 0 Å². The SMILES string of the molecule is CC(NCc1cc(F)ccc1Br)c1cc(F)c(Cl)cc1Cl. The van der Waals surface area contributed by atoms with Crippen LogP contribution in [0.3, 0.4) is 0 Å². The third-order valence-electron chi connectivity index (χ3n) is 3.11. The highest BCUT2D eigenvalue weighted by Gasteiger charge is 2.13. The van der Waals surface area contributed by atoms with Crippen LogP contribution in [0.15, 0.2) is 34.8 Å². The van der Waals surface area contributed by atoms with Gasteiger partial charge in [0.2, 0.25) is 0 Å². The van der Waals surface area contributed by atoms with Crippen LogP contribution in [0.4, 0.5) is 8.78 Å². The van der Waals surface area contributed by atoms with E-state index in [9.17, 15) is 8.78 Å². The van der Waals surface area contributed by atoms with E-state index in [0.717, 1.165) is 10.0 Å². The van der Waals surface area contributed by atoms with Crippen molar-refractivity contribution in [2.75, 3.05) is 0 Å². The summed E-state index contributed by atoms with van der Waals surface area (Å²) in [4.78, 5) is 0. The Labute approximate surface area is 140 Å². The first-order valence-corrected chi connectivity index (χ1v) is 7.75. The monoisotopic (exact) mass is 393 g/mol. The van der Waals surface area contributed by atoms with Gasteiger partial charge in [0, 0.05) is 22.1 Å². The molecule has 1 atom stereocenters. The Morgan fingerprint density at radius 1 is 1.14 bits per heavy atom. The lowest BCUT2D eigenvalue weighted by Crippen LogP contribution is -2.19. The second-order valence-corrected chi connectivity index (χ2v) is 6.29. The van der Waals surface area contributed by atoms with Crippen molar-refractivity contribution in [3.63, 3.8) is 0 Å². The first-order chi connectivity index (χ1) is 9.88. The molecule has 0 amide bonds. The molecule has 0 bridgehead atoms. The van der Waals surface area contributed by atoms with Crippen molar-refractivity contribution >= 4 is 39.1 Å². The average molecular weight is 395 g/mol. The summed E-state index contributed by atoms with van der Waals surface area (Å²) >= 11 is 15.1. The highest BCUT2D eigenvalue weighted by molar-refractivity contribution is 9.10. The molecule has 0 aromatic heterocycles. The molecule has 0 aliphatic rings. The van der Waals surface area contributed by atoms with Gasteiger partial charge in [0.15, 0.2) is 0 Å². The van der Waals surface area contributed by atoms with Crippen molar-refractivity contribution in [3.8, 4) is 0 Å². The molecule has 21 heavy (non-hydrogen) atoms. The van der Waals surface area contributed by atoms with Crippen molar-refractivity contribution in [1.29, 1.82) is 0 Å². The molecule has 1 unspecified atom stereocenters. The molecule has 0 saturated heterocycles. The fraction of sp³-hybridized carbons (Fsp3) is 0.200. The van der Waals surface area contributed by atoms with E-state index >= 15 is 0 Å². The molecule has 0 saturated carbocycles. The molecule has 6 heteroatoms. The standard InChI is InChI=1S/C15H12BrCl2F2N/c1-8(11-5-15(20)14(18)6-13(11)17)21-7-9-4-10(19)2-3-12(9)16/h2-6,8,21H,7H2,1H3. The predicted octanol–water partition coefficient (Wildman–Crippen LogP) is 5.88. The van der Waals surface area contributed by atoms with Gasteiger partial charge in [-0.25, -0.2) is 8.78 Å². The lowest BCUT2D eigenvalue weighted by Gasteiger charge is -2.17. The van der Waals surface area contributed by atoms with Gasteiger partial charge in [0.25, 0.3) is 0 Å². The molecule has 0 spiro atoms. The summed E-state index contributed by atoms with van der Waals surface area (Å²) in [6, 6.07) is 6.94. The van der Waals surface area contributed by atoms with Crippen LogP contribution < -0.4 is 5.32 Å². The van der Waals surface area contributed by atoms with Crippen LogP contribution in [0.1, 0.15) is 24.1 Å². The predicted molar refractivity (Wildman–Crippen MR) is 85.8 cm³/mol. The van der Waals surface area contributed by atoms with E-state index < -0.39 is 5.82 Å². The fourth-order valence-corrected chi connectivity index (χ4v) is 2.86. The van der Waals surface area contributed by atoms with E-state index in [1.165, 1.54) is 24.3 Å². The zero-order chi connectivity index (χ0) is 15.6. The molecule has 1 N–H and O–H groups in total. The maximum Gasteiger partial charge on any atom is 0.142 e. The Bertz CT molecular complexity index is 664. The van der Waals surface area contributed by atoms with Gasteiger partial charge in [-0.1, -0.05) is 39.1 Å². The summed E-state index contributed by atoms with van der Waals surface area (Å²) in [7, 11) is 0. The number of benzene rings is 2. The second-order valence-electron chi connectivity index (χ2n) is 4.63. The summed E-state index contributed by atoms with van der Waals surface area (Å²) < 4.78 is 27.5. The van der Waals surface area contributed by atoms with Gasteiger partial charge < -0.3 is 5.32 Å². The fourth-order valence-electron chi connectivity index (χ4n) is 1.92. The van der Waals surface area contributed by atoms with E-state index in [0.29, 0.717) is 17.1 Å². The number of hydrogen-bond acceptors (Lipinski definition) is 1. The molecule has 2 aromatic rings. The van der Waals surface area contributed by atoms with Crippen LogP contribution >= 0.6 is 39.1 Å². The first kappa shape index (κ1) is 16.7. The largest absolute Gasteiger partial charge is 0.306 e. The molecule has 0 aliphatic carbocycles. The zero-order valence-corrected chi connectivity index (χ0v) is 14.2. The van der Waals surface area contributed by atoms with Crippen molar-refractivity contribution in [3.05, 3.63) is 67.6 Å². The van der Waals surface area contributed by atoms with Crippen molar-refractivity contribution < 1.29 is 8.78 Å².